The summed E-state index contributed by atoms with van der Waals surface area (Å²) in [5.41, 5.74) is -0.424. The highest BCUT2D eigenvalue weighted by Gasteiger charge is 2.17. The molecule has 1 rings (SSSR count). The average molecular weight is 336 g/mol. The second-order valence-corrected chi connectivity index (χ2v) is 5.34. The zero-order valence-electron chi connectivity index (χ0n) is 8.51. The van der Waals surface area contributed by atoms with Gasteiger partial charge < -0.3 is 5.32 Å². The van der Waals surface area contributed by atoms with Gasteiger partial charge in [0, 0.05) is 16.3 Å². The quantitative estimate of drug-likeness (QED) is 0.862. The fraction of sp³-hybridized carbons (Fsp3) is 0.400. The molecule has 0 fully saturated rings. The minimum absolute atomic E-state index is 0.424. The monoisotopic (exact) mass is 335 g/mol. The first-order valence-electron chi connectivity index (χ1n) is 4.41. The molecule has 0 spiro atoms. The third-order valence-electron chi connectivity index (χ3n) is 1.84. The smallest absolute Gasteiger partial charge is 0.145 e. The van der Waals surface area contributed by atoms with Gasteiger partial charge in [-0.1, -0.05) is 11.6 Å². The molecule has 0 saturated carbocycles. The first-order chi connectivity index (χ1) is 6.96. The van der Waals surface area contributed by atoms with Gasteiger partial charge in [0.05, 0.1) is 16.5 Å². The number of nitrogens with zero attached hydrogens (tertiary/aromatic N) is 2. The fourth-order valence-electron chi connectivity index (χ4n) is 0.888. The van der Waals surface area contributed by atoms with Crippen LogP contribution in [0.5, 0.6) is 0 Å². The van der Waals surface area contributed by atoms with Gasteiger partial charge in [0.25, 0.3) is 0 Å². The number of hydrogen-bond donors (Lipinski definition) is 1. The third-order valence-corrected chi connectivity index (χ3v) is 3.44. The summed E-state index contributed by atoms with van der Waals surface area (Å²) in [7, 11) is 0. The number of nitriles is 1. The Labute approximate surface area is 108 Å². The second kappa shape index (κ2) is 4.99. The number of rotatable bonds is 3. The molecular formula is C10H11ClIN3. The topological polar surface area (TPSA) is 48.7 Å². The Morgan fingerprint density at radius 3 is 2.93 bits per heavy atom. The van der Waals surface area contributed by atoms with Crippen LogP contribution in [0.3, 0.4) is 0 Å². The SMILES string of the molecule is CC(C)(C#N)CNc1nccc(I)c1Cl. The van der Waals surface area contributed by atoms with Gasteiger partial charge in [-0.25, -0.2) is 4.98 Å². The van der Waals surface area contributed by atoms with E-state index in [0.717, 1.165) is 3.57 Å². The molecule has 15 heavy (non-hydrogen) atoms. The molecule has 0 aliphatic carbocycles. The molecule has 0 atom stereocenters. The highest BCUT2D eigenvalue weighted by molar-refractivity contribution is 14.1. The molecule has 0 unspecified atom stereocenters. The first-order valence-corrected chi connectivity index (χ1v) is 5.87. The van der Waals surface area contributed by atoms with Crippen LogP contribution in [0.25, 0.3) is 0 Å². The van der Waals surface area contributed by atoms with Crippen molar-refractivity contribution in [2.24, 2.45) is 5.41 Å². The van der Waals surface area contributed by atoms with Crippen LogP contribution in [0.15, 0.2) is 12.3 Å². The van der Waals surface area contributed by atoms with Gasteiger partial charge >= 0.3 is 0 Å². The molecule has 3 nitrogen and oxygen atoms in total. The minimum Gasteiger partial charge on any atom is -0.367 e. The lowest BCUT2D eigenvalue weighted by Gasteiger charge is -2.16. The van der Waals surface area contributed by atoms with E-state index >= 15 is 0 Å². The van der Waals surface area contributed by atoms with Crippen LogP contribution in [0.2, 0.25) is 5.02 Å². The van der Waals surface area contributed by atoms with Gasteiger partial charge in [0.2, 0.25) is 0 Å². The highest BCUT2D eigenvalue weighted by Crippen LogP contribution is 2.25. The van der Waals surface area contributed by atoms with Crippen LogP contribution < -0.4 is 5.32 Å². The van der Waals surface area contributed by atoms with Crippen LogP contribution in [0.4, 0.5) is 5.82 Å². The van der Waals surface area contributed by atoms with Crippen molar-refractivity contribution < 1.29 is 0 Å². The van der Waals surface area contributed by atoms with Crippen molar-refractivity contribution in [3.63, 3.8) is 0 Å². The Hall–Kier alpha value is -0.540. The van der Waals surface area contributed by atoms with Crippen LogP contribution in [-0.4, -0.2) is 11.5 Å². The van der Waals surface area contributed by atoms with E-state index in [9.17, 15) is 0 Å². The molecule has 1 aromatic heterocycles. The summed E-state index contributed by atoms with van der Waals surface area (Å²) in [5, 5.41) is 12.5. The molecule has 0 bridgehead atoms. The molecule has 80 valence electrons. The zero-order valence-corrected chi connectivity index (χ0v) is 11.4. The summed E-state index contributed by atoms with van der Waals surface area (Å²) in [6.07, 6.45) is 1.69. The van der Waals surface area contributed by atoms with Crippen LogP contribution in [0, 0.1) is 20.3 Å². The van der Waals surface area contributed by atoms with Gasteiger partial charge in [-0.05, 0) is 42.5 Å². The molecule has 1 heterocycles. The van der Waals surface area contributed by atoms with Gasteiger partial charge in [-0.3, -0.25) is 0 Å². The van der Waals surface area contributed by atoms with Crippen molar-refractivity contribution in [2.45, 2.75) is 13.8 Å². The average Bonchev–Trinajstić information content (AvgIpc) is 2.20. The van der Waals surface area contributed by atoms with Gasteiger partial charge in [0.15, 0.2) is 0 Å². The summed E-state index contributed by atoms with van der Waals surface area (Å²) in [6, 6.07) is 4.05. The Balaban J connectivity index is 2.75. The predicted molar refractivity (Wildman–Crippen MR) is 69.8 cm³/mol. The van der Waals surface area contributed by atoms with E-state index in [2.05, 4.69) is 39.0 Å². The molecule has 0 amide bonds. The number of nitrogens with one attached hydrogen (secondary N) is 1. The van der Waals surface area contributed by atoms with E-state index in [1.807, 2.05) is 19.9 Å². The summed E-state index contributed by atoms with van der Waals surface area (Å²) in [4.78, 5) is 4.12. The Kier molecular flexibility index (Phi) is 4.17. The van der Waals surface area contributed by atoms with Crippen LogP contribution in [0.1, 0.15) is 13.8 Å². The number of aromatic nitrogens is 1. The number of anilines is 1. The maximum Gasteiger partial charge on any atom is 0.145 e. The standard InChI is InChI=1S/C10H11ClIN3/c1-10(2,5-13)6-15-9-8(11)7(12)3-4-14-9/h3-4H,6H2,1-2H3,(H,14,15). The van der Waals surface area contributed by atoms with Crippen LogP contribution in [-0.2, 0) is 0 Å². The molecule has 0 aliphatic heterocycles. The zero-order chi connectivity index (χ0) is 11.5. The van der Waals surface area contributed by atoms with E-state index in [1.54, 1.807) is 6.20 Å². The van der Waals surface area contributed by atoms with Gasteiger partial charge in [0.1, 0.15) is 5.82 Å². The molecule has 1 aromatic rings. The van der Waals surface area contributed by atoms with E-state index in [-0.39, 0.29) is 0 Å². The number of hydrogen-bond acceptors (Lipinski definition) is 3. The van der Waals surface area contributed by atoms with Crippen molar-refractivity contribution in [1.82, 2.24) is 4.98 Å². The molecule has 0 radical (unpaired) electrons. The Morgan fingerprint density at radius 1 is 1.67 bits per heavy atom. The summed E-state index contributed by atoms with van der Waals surface area (Å²) in [5.74, 6) is 0.631. The van der Waals surface area contributed by atoms with Crippen LogP contribution >= 0.6 is 34.2 Å². The summed E-state index contributed by atoms with van der Waals surface area (Å²) in [6.45, 7) is 4.25. The Bertz CT molecular complexity index is 398. The first kappa shape index (κ1) is 12.5. The minimum atomic E-state index is -0.424. The lowest BCUT2D eigenvalue weighted by molar-refractivity contribution is 0.528. The molecule has 5 heteroatoms. The Morgan fingerprint density at radius 2 is 2.33 bits per heavy atom. The lowest BCUT2D eigenvalue weighted by Crippen LogP contribution is -2.21. The molecule has 0 aromatic carbocycles. The van der Waals surface area contributed by atoms with E-state index in [0.29, 0.717) is 17.4 Å². The predicted octanol–water partition coefficient (Wildman–Crippen LogP) is 3.30. The number of pyridine rings is 1. The summed E-state index contributed by atoms with van der Waals surface area (Å²) >= 11 is 8.19. The third kappa shape index (κ3) is 3.50. The van der Waals surface area contributed by atoms with Crippen molar-refractivity contribution in [3.8, 4) is 6.07 Å². The molecular weight excluding hydrogens is 324 g/mol. The van der Waals surface area contributed by atoms with Gasteiger partial charge in [-0.2, -0.15) is 5.26 Å². The fourth-order valence-corrected chi connectivity index (χ4v) is 1.48. The van der Waals surface area contributed by atoms with E-state index < -0.39 is 5.41 Å². The largest absolute Gasteiger partial charge is 0.367 e. The maximum absolute atomic E-state index is 8.85. The van der Waals surface area contributed by atoms with E-state index in [1.165, 1.54) is 0 Å². The summed E-state index contributed by atoms with van der Waals surface area (Å²) < 4.78 is 0.946. The molecule has 0 aliphatic rings. The van der Waals surface area contributed by atoms with Crippen molar-refractivity contribution >= 4 is 40.0 Å². The van der Waals surface area contributed by atoms with E-state index in [4.69, 9.17) is 16.9 Å². The maximum atomic E-state index is 8.85. The van der Waals surface area contributed by atoms with Crippen molar-refractivity contribution in [1.29, 1.82) is 5.26 Å². The van der Waals surface area contributed by atoms with Crippen molar-refractivity contribution in [2.75, 3.05) is 11.9 Å². The van der Waals surface area contributed by atoms with Gasteiger partial charge in [-0.15, -0.1) is 0 Å². The van der Waals surface area contributed by atoms with Crippen molar-refractivity contribution in [3.05, 3.63) is 20.9 Å². The molecule has 0 saturated heterocycles. The second-order valence-electron chi connectivity index (χ2n) is 3.80. The normalized spacial score (nSPS) is 10.9. The highest BCUT2D eigenvalue weighted by atomic mass is 127. The molecule has 1 N–H and O–H groups in total. The number of halogens is 2. The lowest BCUT2D eigenvalue weighted by atomic mass is 9.96.